The second-order valence-electron chi connectivity index (χ2n) is 11.5. The SMILES string of the molecule is C[C@H]1CN([C@@H](C)CO)C(=O)Cc2cc(NC(=O)Nc3ccc(F)cc3)ccc2O[C@H]1CN(C)CC1CCCCC1. The second kappa shape index (κ2) is 13.9. The lowest BCUT2D eigenvalue weighted by Gasteiger charge is -2.35. The molecule has 0 aromatic heterocycles. The molecule has 0 unspecified atom stereocenters. The predicted octanol–water partition coefficient (Wildman–Crippen LogP) is 5.13. The van der Waals surface area contributed by atoms with Crippen LogP contribution in [-0.2, 0) is 11.2 Å². The van der Waals surface area contributed by atoms with E-state index in [0.717, 1.165) is 13.1 Å². The Morgan fingerprint density at radius 1 is 1.10 bits per heavy atom. The van der Waals surface area contributed by atoms with Gasteiger partial charge in [-0.15, -0.1) is 0 Å². The Morgan fingerprint density at radius 3 is 2.48 bits per heavy atom. The third-order valence-electron chi connectivity index (χ3n) is 8.06. The van der Waals surface area contributed by atoms with Crippen LogP contribution in [0.15, 0.2) is 42.5 Å². The number of halogens is 1. The number of benzene rings is 2. The summed E-state index contributed by atoms with van der Waals surface area (Å²) in [5.41, 5.74) is 1.64. The molecule has 4 rings (SSSR count). The molecule has 40 heavy (non-hydrogen) atoms. The Morgan fingerprint density at radius 2 is 1.77 bits per heavy atom. The first-order valence-electron chi connectivity index (χ1n) is 14.4. The number of anilines is 2. The van der Waals surface area contributed by atoms with Gasteiger partial charge in [-0.25, -0.2) is 9.18 Å². The molecule has 8 nitrogen and oxygen atoms in total. The molecule has 2 aliphatic rings. The van der Waals surface area contributed by atoms with Gasteiger partial charge in [-0.3, -0.25) is 4.79 Å². The van der Waals surface area contributed by atoms with Crippen molar-refractivity contribution in [3.8, 4) is 5.75 Å². The summed E-state index contributed by atoms with van der Waals surface area (Å²) in [6, 6.07) is 10.0. The average Bonchev–Trinajstić information content (AvgIpc) is 2.97. The standard InChI is InChI=1S/C31H43FN4O4/c1-21-17-36(22(2)20-37)30(38)16-24-15-27(34-31(39)33-26-11-9-25(32)10-12-26)13-14-28(24)40-29(21)19-35(3)18-23-7-5-4-6-8-23/h9-15,21-23,29,37H,4-8,16-20H2,1-3H3,(H2,33,34,39)/t21-,22-,29-/m0/s1. The molecule has 1 fully saturated rings. The van der Waals surface area contributed by atoms with Crippen LogP contribution in [0.25, 0.3) is 0 Å². The lowest BCUT2D eigenvalue weighted by molar-refractivity contribution is -0.134. The maximum Gasteiger partial charge on any atom is 0.323 e. The Balaban J connectivity index is 1.53. The van der Waals surface area contributed by atoms with E-state index in [1.807, 2.05) is 13.0 Å². The van der Waals surface area contributed by atoms with Crippen LogP contribution in [0.5, 0.6) is 5.75 Å². The molecule has 2 aromatic carbocycles. The monoisotopic (exact) mass is 554 g/mol. The van der Waals surface area contributed by atoms with Crippen LogP contribution >= 0.6 is 0 Å². The molecule has 3 atom stereocenters. The Bertz CT molecular complexity index is 1140. The summed E-state index contributed by atoms with van der Waals surface area (Å²) in [5.74, 6) is 0.893. The average molecular weight is 555 g/mol. The molecule has 1 heterocycles. The highest BCUT2D eigenvalue weighted by molar-refractivity contribution is 5.99. The molecule has 0 spiro atoms. The molecule has 1 aliphatic carbocycles. The van der Waals surface area contributed by atoms with Crippen molar-refractivity contribution < 1.29 is 23.8 Å². The zero-order chi connectivity index (χ0) is 28.6. The van der Waals surface area contributed by atoms with E-state index in [4.69, 9.17) is 4.74 Å². The molecule has 1 aliphatic heterocycles. The fraction of sp³-hybridized carbons (Fsp3) is 0.548. The number of hydrogen-bond donors (Lipinski definition) is 3. The van der Waals surface area contributed by atoms with Gasteiger partial charge in [-0.2, -0.15) is 0 Å². The minimum atomic E-state index is -0.478. The van der Waals surface area contributed by atoms with Gasteiger partial charge in [0.1, 0.15) is 17.7 Å². The first-order chi connectivity index (χ1) is 19.2. The smallest absolute Gasteiger partial charge is 0.323 e. The van der Waals surface area contributed by atoms with Crippen molar-refractivity contribution in [3.63, 3.8) is 0 Å². The number of nitrogens with zero attached hydrogens (tertiary/aromatic N) is 2. The molecule has 0 radical (unpaired) electrons. The van der Waals surface area contributed by atoms with Crippen LogP contribution in [0.2, 0.25) is 0 Å². The van der Waals surface area contributed by atoms with Crippen molar-refractivity contribution in [3.05, 3.63) is 53.8 Å². The number of carbonyl (C=O) groups excluding carboxylic acids is 2. The number of likely N-dealkylation sites (N-methyl/N-ethyl adjacent to an activating group) is 1. The summed E-state index contributed by atoms with van der Waals surface area (Å²) in [6.45, 7) is 6.08. The second-order valence-corrected chi connectivity index (χ2v) is 11.5. The van der Waals surface area contributed by atoms with Crippen LogP contribution in [-0.4, -0.2) is 72.3 Å². The topological polar surface area (TPSA) is 94.1 Å². The molecule has 218 valence electrons. The molecular weight excluding hydrogens is 511 g/mol. The third kappa shape index (κ3) is 8.17. The normalized spacial score (nSPS) is 21.1. The number of hydrogen-bond acceptors (Lipinski definition) is 5. The van der Waals surface area contributed by atoms with Gasteiger partial charge in [-0.05, 0) is 75.2 Å². The Kier molecular flexibility index (Phi) is 10.4. The van der Waals surface area contributed by atoms with Gasteiger partial charge in [0.15, 0.2) is 0 Å². The summed E-state index contributed by atoms with van der Waals surface area (Å²) in [5, 5.41) is 15.4. The summed E-state index contributed by atoms with van der Waals surface area (Å²) >= 11 is 0. The van der Waals surface area contributed by atoms with Crippen molar-refractivity contribution in [1.82, 2.24) is 9.80 Å². The maximum absolute atomic E-state index is 13.4. The van der Waals surface area contributed by atoms with Gasteiger partial charge in [0, 0.05) is 42.5 Å². The number of aliphatic hydroxyl groups is 1. The number of amides is 3. The highest BCUT2D eigenvalue weighted by Gasteiger charge is 2.31. The fourth-order valence-corrected chi connectivity index (χ4v) is 5.74. The van der Waals surface area contributed by atoms with E-state index in [1.165, 1.54) is 56.4 Å². The molecule has 2 aromatic rings. The summed E-state index contributed by atoms with van der Waals surface area (Å²) in [6.07, 6.45) is 6.41. The van der Waals surface area contributed by atoms with E-state index in [1.54, 1.807) is 17.0 Å². The van der Waals surface area contributed by atoms with Crippen LogP contribution in [0, 0.1) is 17.7 Å². The van der Waals surface area contributed by atoms with Crippen LogP contribution < -0.4 is 15.4 Å². The van der Waals surface area contributed by atoms with Crippen molar-refractivity contribution in [2.24, 2.45) is 11.8 Å². The molecule has 0 bridgehead atoms. The fourth-order valence-electron chi connectivity index (χ4n) is 5.74. The van der Waals surface area contributed by atoms with Crippen LogP contribution in [0.1, 0.15) is 51.5 Å². The third-order valence-corrected chi connectivity index (χ3v) is 8.06. The van der Waals surface area contributed by atoms with E-state index in [0.29, 0.717) is 35.2 Å². The molecule has 9 heteroatoms. The van der Waals surface area contributed by atoms with E-state index in [9.17, 15) is 19.1 Å². The summed E-state index contributed by atoms with van der Waals surface area (Å²) < 4.78 is 19.8. The van der Waals surface area contributed by atoms with Crippen LogP contribution in [0.3, 0.4) is 0 Å². The highest BCUT2D eigenvalue weighted by Crippen LogP contribution is 2.30. The first kappa shape index (κ1) is 29.8. The molecule has 0 saturated heterocycles. The molecule has 3 amide bonds. The van der Waals surface area contributed by atoms with Gasteiger partial charge < -0.3 is 30.3 Å². The first-order valence-corrected chi connectivity index (χ1v) is 14.4. The van der Waals surface area contributed by atoms with E-state index in [2.05, 4.69) is 29.5 Å². The lowest BCUT2D eigenvalue weighted by atomic mass is 9.89. The number of urea groups is 1. The van der Waals surface area contributed by atoms with Crippen LogP contribution in [0.4, 0.5) is 20.6 Å². The van der Waals surface area contributed by atoms with Gasteiger partial charge in [0.2, 0.25) is 5.91 Å². The molecular formula is C31H43FN4O4. The Labute approximate surface area is 236 Å². The molecule has 3 N–H and O–H groups in total. The highest BCUT2D eigenvalue weighted by atomic mass is 19.1. The van der Waals surface area contributed by atoms with Crippen molar-refractivity contribution in [2.75, 3.05) is 43.9 Å². The summed E-state index contributed by atoms with van der Waals surface area (Å²) in [4.78, 5) is 30.1. The van der Waals surface area contributed by atoms with E-state index < -0.39 is 6.03 Å². The molecule has 1 saturated carbocycles. The zero-order valence-electron chi connectivity index (χ0n) is 23.9. The minimum absolute atomic E-state index is 0.0389. The zero-order valence-corrected chi connectivity index (χ0v) is 23.9. The van der Waals surface area contributed by atoms with Crippen molar-refractivity contribution in [2.45, 2.75) is 64.5 Å². The van der Waals surface area contributed by atoms with Crippen molar-refractivity contribution in [1.29, 1.82) is 0 Å². The quantitative estimate of drug-likeness (QED) is 0.421. The number of carbonyl (C=O) groups is 2. The van der Waals surface area contributed by atoms with Gasteiger partial charge >= 0.3 is 6.03 Å². The minimum Gasteiger partial charge on any atom is -0.488 e. The van der Waals surface area contributed by atoms with Crippen molar-refractivity contribution >= 4 is 23.3 Å². The number of rotatable bonds is 8. The number of nitrogens with one attached hydrogen (secondary N) is 2. The summed E-state index contributed by atoms with van der Waals surface area (Å²) in [7, 11) is 2.14. The number of ether oxygens (including phenoxy) is 1. The number of aliphatic hydroxyl groups excluding tert-OH is 1. The lowest BCUT2D eigenvalue weighted by Crippen LogP contribution is -2.48. The number of fused-ring (bicyclic) bond motifs is 1. The van der Waals surface area contributed by atoms with E-state index >= 15 is 0 Å². The van der Waals surface area contributed by atoms with E-state index in [-0.39, 0.29) is 42.8 Å². The van der Waals surface area contributed by atoms with Gasteiger partial charge in [0.05, 0.1) is 19.1 Å². The Hall–Kier alpha value is -3.17. The maximum atomic E-state index is 13.4. The predicted molar refractivity (Wildman–Crippen MR) is 155 cm³/mol. The largest absolute Gasteiger partial charge is 0.488 e. The van der Waals surface area contributed by atoms with Gasteiger partial charge in [0.25, 0.3) is 0 Å². The van der Waals surface area contributed by atoms with Gasteiger partial charge in [-0.1, -0.05) is 26.2 Å².